The van der Waals surface area contributed by atoms with Crippen LogP contribution in [0, 0.1) is 0 Å². The minimum Gasteiger partial charge on any atom is -0.756 e. The first-order chi connectivity index (χ1) is 31.0. The van der Waals surface area contributed by atoms with Crippen LogP contribution in [-0.4, -0.2) is 68.5 Å². The van der Waals surface area contributed by atoms with E-state index < -0.39 is 26.6 Å². The van der Waals surface area contributed by atoms with Gasteiger partial charge in [0.15, 0.2) is 0 Å². The van der Waals surface area contributed by atoms with Crippen LogP contribution in [0.4, 0.5) is 0 Å². The summed E-state index contributed by atoms with van der Waals surface area (Å²) in [6.45, 7) is 4.50. The molecule has 8 nitrogen and oxygen atoms in total. The molecule has 0 heterocycles. The third-order valence-corrected chi connectivity index (χ3v) is 11.8. The summed E-state index contributed by atoms with van der Waals surface area (Å²) in [4.78, 5) is 25.4. The van der Waals surface area contributed by atoms with E-state index in [1.165, 1.54) is 70.6 Å². The highest BCUT2D eigenvalue weighted by atomic mass is 31.2. The van der Waals surface area contributed by atoms with Crippen molar-refractivity contribution >= 4 is 13.7 Å². The van der Waals surface area contributed by atoms with Gasteiger partial charge in [-0.1, -0.05) is 207 Å². The molecule has 0 rings (SSSR count). The van der Waals surface area contributed by atoms with E-state index in [9.17, 15) is 19.4 Å². The van der Waals surface area contributed by atoms with Crippen LogP contribution < -0.4 is 10.2 Å². The number of carbonyl (C=O) groups is 1. The second kappa shape index (κ2) is 45.6. The van der Waals surface area contributed by atoms with Crippen LogP contribution in [0.1, 0.15) is 194 Å². The number of aliphatic hydroxyl groups is 1. The molecule has 0 saturated heterocycles. The van der Waals surface area contributed by atoms with Gasteiger partial charge in [-0.05, 0) is 77.0 Å². The Kier molecular flexibility index (Phi) is 43.7. The maximum absolute atomic E-state index is 12.9. The van der Waals surface area contributed by atoms with Crippen LogP contribution in [0.2, 0.25) is 0 Å². The standard InChI is InChI=1S/C55H97N2O6P/c1-6-8-10-12-14-16-18-20-22-23-24-25-26-27-28-29-30-31-32-33-35-37-39-41-43-45-47-49-55(59)56-53(52-63-64(60,61)62-51-50-57(3,4)5)54(58)48-46-44-42-40-38-36-34-21-19-17-15-13-11-9-7-2/h8,10,14,16,20,22,24-25,27-28,30-31,33,35,46,48,53-54,58H,6-7,9,11-13,15,17-19,21,23,26,29,32,34,36-45,47,49-52H2,1-5H3,(H-,56,59,60,61)/b10-8-,16-14-,22-20-,25-24-,28-27-,31-30-,35-33-,48-46+. The predicted octanol–water partition coefficient (Wildman–Crippen LogP) is 14.5. The van der Waals surface area contributed by atoms with Crippen LogP contribution in [0.5, 0.6) is 0 Å². The molecule has 0 aromatic carbocycles. The Hall–Kier alpha value is -2.58. The van der Waals surface area contributed by atoms with E-state index in [1.807, 2.05) is 27.2 Å². The second-order valence-electron chi connectivity index (χ2n) is 18.1. The quantitative estimate of drug-likeness (QED) is 0.0273. The van der Waals surface area contributed by atoms with Crippen LogP contribution in [0.3, 0.4) is 0 Å². The molecular weight excluding hydrogens is 816 g/mol. The lowest BCUT2D eigenvalue weighted by atomic mass is 10.0. The Morgan fingerprint density at radius 2 is 0.953 bits per heavy atom. The fourth-order valence-electron chi connectivity index (χ4n) is 6.78. The topological polar surface area (TPSA) is 108 Å². The summed E-state index contributed by atoms with van der Waals surface area (Å²) in [6.07, 6.45) is 64.6. The van der Waals surface area contributed by atoms with Gasteiger partial charge in [0, 0.05) is 6.42 Å². The first-order valence-corrected chi connectivity index (χ1v) is 27.1. The molecule has 9 heteroatoms. The molecule has 0 aromatic rings. The molecular formula is C55H97N2O6P. The number of rotatable bonds is 45. The Morgan fingerprint density at radius 1 is 0.562 bits per heavy atom. The van der Waals surface area contributed by atoms with Gasteiger partial charge in [0.25, 0.3) is 7.82 Å². The summed E-state index contributed by atoms with van der Waals surface area (Å²) in [5.74, 6) is -0.221. The minimum atomic E-state index is -4.60. The van der Waals surface area contributed by atoms with Crippen molar-refractivity contribution in [2.75, 3.05) is 40.9 Å². The Labute approximate surface area is 394 Å². The number of allylic oxidation sites excluding steroid dienone is 15. The van der Waals surface area contributed by atoms with Crippen molar-refractivity contribution in [1.29, 1.82) is 0 Å². The lowest BCUT2D eigenvalue weighted by molar-refractivity contribution is -0.870. The molecule has 0 aliphatic carbocycles. The molecule has 3 unspecified atom stereocenters. The molecule has 1 amide bonds. The fraction of sp³-hybridized carbons (Fsp3) is 0.691. The van der Waals surface area contributed by atoms with Crippen LogP contribution >= 0.6 is 7.82 Å². The van der Waals surface area contributed by atoms with Crippen molar-refractivity contribution in [2.24, 2.45) is 0 Å². The number of hydrogen-bond acceptors (Lipinski definition) is 6. The molecule has 0 spiro atoms. The van der Waals surface area contributed by atoms with E-state index in [4.69, 9.17) is 9.05 Å². The third kappa shape index (κ3) is 47.4. The molecule has 0 bridgehead atoms. The SMILES string of the molecule is CC/C=C\C/C=C\C/C=C\C/C=C\C/C=C\C/C=C\C/C=C\CCCCCCCC(=O)NC(COP(=O)([O-])OCC[N+](C)(C)C)C(O)/C=C/CCCCCCCCCCCCCCC. The number of carbonyl (C=O) groups excluding carboxylic acids is 1. The van der Waals surface area contributed by atoms with E-state index in [1.54, 1.807) is 6.08 Å². The summed E-state index contributed by atoms with van der Waals surface area (Å²) in [6, 6.07) is -0.903. The van der Waals surface area contributed by atoms with E-state index in [2.05, 4.69) is 104 Å². The minimum absolute atomic E-state index is 0.0104. The number of amides is 1. The van der Waals surface area contributed by atoms with E-state index in [0.717, 1.165) is 103 Å². The largest absolute Gasteiger partial charge is 0.756 e. The van der Waals surface area contributed by atoms with Gasteiger partial charge >= 0.3 is 0 Å². The molecule has 0 radical (unpaired) electrons. The normalized spacial score (nSPS) is 14.9. The number of nitrogens with zero attached hydrogens (tertiary/aromatic N) is 1. The Bertz CT molecular complexity index is 1360. The number of aliphatic hydroxyl groups excluding tert-OH is 1. The second-order valence-corrected chi connectivity index (χ2v) is 19.6. The summed E-state index contributed by atoms with van der Waals surface area (Å²) >= 11 is 0. The van der Waals surface area contributed by atoms with Crippen molar-refractivity contribution in [2.45, 2.75) is 206 Å². The molecule has 0 saturated carbocycles. The lowest BCUT2D eigenvalue weighted by Crippen LogP contribution is -2.45. The highest BCUT2D eigenvalue weighted by Gasteiger charge is 2.23. The number of quaternary nitrogens is 1. The van der Waals surface area contributed by atoms with Crippen molar-refractivity contribution in [3.05, 3.63) is 97.2 Å². The van der Waals surface area contributed by atoms with Gasteiger partial charge in [-0.3, -0.25) is 9.36 Å². The zero-order chi connectivity index (χ0) is 47.1. The summed E-state index contributed by atoms with van der Waals surface area (Å²) < 4.78 is 23.3. The summed E-state index contributed by atoms with van der Waals surface area (Å²) in [5.41, 5.74) is 0. The first-order valence-electron chi connectivity index (χ1n) is 25.6. The van der Waals surface area contributed by atoms with Gasteiger partial charge in [0.05, 0.1) is 39.9 Å². The molecule has 2 N–H and O–H groups in total. The average Bonchev–Trinajstić information content (AvgIpc) is 3.25. The molecule has 3 atom stereocenters. The summed E-state index contributed by atoms with van der Waals surface area (Å²) in [5, 5.41) is 13.8. The maximum Gasteiger partial charge on any atom is 0.268 e. The van der Waals surface area contributed by atoms with Crippen LogP contribution in [0.25, 0.3) is 0 Å². The van der Waals surface area contributed by atoms with E-state index >= 15 is 0 Å². The average molecular weight is 913 g/mol. The monoisotopic (exact) mass is 913 g/mol. The van der Waals surface area contributed by atoms with Crippen molar-refractivity contribution in [1.82, 2.24) is 5.32 Å². The van der Waals surface area contributed by atoms with Crippen LogP contribution in [0.15, 0.2) is 97.2 Å². The maximum atomic E-state index is 12.9. The number of phosphoric acid groups is 1. The molecule has 0 aliphatic heterocycles. The number of unbranched alkanes of at least 4 members (excludes halogenated alkanes) is 18. The van der Waals surface area contributed by atoms with Gasteiger partial charge in [0.1, 0.15) is 13.2 Å². The number of phosphoric ester groups is 1. The van der Waals surface area contributed by atoms with Crippen molar-refractivity contribution < 1.29 is 32.9 Å². The van der Waals surface area contributed by atoms with E-state index in [0.29, 0.717) is 17.4 Å². The van der Waals surface area contributed by atoms with Crippen molar-refractivity contribution in [3.8, 4) is 0 Å². The third-order valence-electron chi connectivity index (χ3n) is 10.8. The molecule has 64 heavy (non-hydrogen) atoms. The fourth-order valence-corrected chi connectivity index (χ4v) is 7.50. The molecule has 0 fully saturated rings. The molecule has 0 aromatic heterocycles. The van der Waals surface area contributed by atoms with Gasteiger partial charge in [0.2, 0.25) is 5.91 Å². The number of hydrogen-bond donors (Lipinski definition) is 2. The van der Waals surface area contributed by atoms with Gasteiger partial charge in [-0.25, -0.2) is 0 Å². The van der Waals surface area contributed by atoms with Gasteiger partial charge < -0.3 is 28.8 Å². The number of nitrogens with one attached hydrogen (secondary N) is 1. The highest BCUT2D eigenvalue weighted by Crippen LogP contribution is 2.38. The number of likely N-dealkylation sites (N-methyl/N-ethyl adjacent to an activating group) is 1. The van der Waals surface area contributed by atoms with Crippen LogP contribution in [-0.2, 0) is 18.4 Å². The Morgan fingerprint density at radius 3 is 1.39 bits per heavy atom. The van der Waals surface area contributed by atoms with Gasteiger partial charge in [-0.2, -0.15) is 0 Å². The van der Waals surface area contributed by atoms with Gasteiger partial charge in [-0.15, -0.1) is 0 Å². The summed E-state index contributed by atoms with van der Waals surface area (Å²) in [7, 11) is 1.23. The molecule has 0 aliphatic rings. The predicted molar refractivity (Wildman–Crippen MR) is 274 cm³/mol. The lowest BCUT2D eigenvalue weighted by Gasteiger charge is -2.29. The smallest absolute Gasteiger partial charge is 0.268 e. The Balaban J connectivity index is 4.36. The zero-order valence-electron chi connectivity index (χ0n) is 41.7. The first kappa shape index (κ1) is 61.4. The zero-order valence-corrected chi connectivity index (χ0v) is 42.6. The van der Waals surface area contributed by atoms with E-state index in [-0.39, 0.29) is 12.5 Å². The molecule has 368 valence electrons. The highest BCUT2D eigenvalue weighted by molar-refractivity contribution is 7.45. The van der Waals surface area contributed by atoms with Crippen molar-refractivity contribution in [3.63, 3.8) is 0 Å².